The van der Waals surface area contributed by atoms with Gasteiger partial charge in [-0.3, -0.25) is 4.79 Å². The molecule has 1 aliphatic heterocycles. The molecule has 8 heteroatoms. The van der Waals surface area contributed by atoms with E-state index in [0.717, 1.165) is 54.9 Å². The van der Waals surface area contributed by atoms with E-state index in [-0.39, 0.29) is 5.91 Å². The first kappa shape index (κ1) is 19.1. The zero-order valence-electron chi connectivity index (χ0n) is 16.8. The summed E-state index contributed by atoms with van der Waals surface area (Å²) in [4.78, 5) is 24.7. The zero-order chi connectivity index (χ0) is 20.2. The van der Waals surface area contributed by atoms with Gasteiger partial charge in [0.05, 0.1) is 48.9 Å². The minimum Gasteiger partial charge on any atom is -0.330 e. The second-order valence-corrected chi connectivity index (χ2v) is 7.30. The average molecular weight is 392 g/mol. The number of carbonyl (C=O) groups excluding carboxylic acids is 1. The molecule has 8 nitrogen and oxygen atoms in total. The lowest BCUT2D eigenvalue weighted by Crippen LogP contribution is -3.15. The number of para-hydroxylation sites is 1. The topological polar surface area (TPSA) is 80.4 Å². The number of aryl methyl sites for hydroxylation is 1. The number of quaternary nitrogens is 1. The lowest BCUT2D eigenvalue weighted by atomic mass is 10.2. The highest BCUT2D eigenvalue weighted by Crippen LogP contribution is 2.22. The van der Waals surface area contributed by atoms with E-state index in [1.807, 2.05) is 54.9 Å². The second-order valence-electron chi connectivity index (χ2n) is 7.30. The van der Waals surface area contributed by atoms with Crippen LogP contribution in [0.25, 0.3) is 5.69 Å². The summed E-state index contributed by atoms with van der Waals surface area (Å²) in [7, 11) is 0. The molecule has 1 fully saturated rings. The van der Waals surface area contributed by atoms with E-state index in [2.05, 4.69) is 25.3 Å². The van der Waals surface area contributed by atoms with Gasteiger partial charge in [-0.05, 0) is 32.0 Å². The molecule has 2 N–H and O–H groups in total. The van der Waals surface area contributed by atoms with E-state index in [1.54, 1.807) is 12.4 Å². The van der Waals surface area contributed by atoms with Gasteiger partial charge in [0.15, 0.2) is 6.54 Å². The van der Waals surface area contributed by atoms with Gasteiger partial charge in [-0.2, -0.15) is 5.10 Å². The molecule has 3 aromatic rings. The van der Waals surface area contributed by atoms with Crippen LogP contribution < -0.4 is 15.1 Å². The number of rotatable bonds is 5. The molecule has 1 saturated heterocycles. The van der Waals surface area contributed by atoms with Crippen molar-refractivity contribution in [3.8, 4) is 5.69 Å². The number of piperazine rings is 1. The van der Waals surface area contributed by atoms with Gasteiger partial charge in [-0.15, -0.1) is 0 Å². The smallest absolute Gasteiger partial charge is 0.279 e. The first-order chi connectivity index (χ1) is 14.1. The molecule has 4 rings (SSSR count). The monoisotopic (exact) mass is 392 g/mol. The molecule has 0 spiro atoms. The van der Waals surface area contributed by atoms with E-state index < -0.39 is 0 Å². The van der Waals surface area contributed by atoms with Gasteiger partial charge in [0.25, 0.3) is 5.91 Å². The Morgan fingerprint density at radius 2 is 1.76 bits per heavy atom. The van der Waals surface area contributed by atoms with Gasteiger partial charge in [0, 0.05) is 12.4 Å². The highest BCUT2D eigenvalue weighted by atomic mass is 16.2. The van der Waals surface area contributed by atoms with Crippen LogP contribution in [0, 0.1) is 13.8 Å². The Bertz CT molecular complexity index is 963. The van der Waals surface area contributed by atoms with E-state index in [1.165, 1.54) is 4.90 Å². The van der Waals surface area contributed by atoms with Crippen LogP contribution in [0.3, 0.4) is 0 Å². The summed E-state index contributed by atoms with van der Waals surface area (Å²) in [5.41, 5.74) is 3.54. The fourth-order valence-electron chi connectivity index (χ4n) is 3.71. The lowest BCUT2D eigenvalue weighted by molar-refractivity contribution is -0.892. The molecule has 1 aliphatic rings. The summed E-state index contributed by atoms with van der Waals surface area (Å²) in [6.07, 6.45) is 3.52. The highest BCUT2D eigenvalue weighted by molar-refractivity contribution is 5.92. The third kappa shape index (κ3) is 4.27. The standard InChI is InChI=1S/C21H25N7O/c1-16-20(17(2)28(25-16)18-7-4-3-5-8-18)24-19(29)15-26-11-13-27(14-12-26)21-22-9-6-10-23-21/h3-10H,11-15H2,1-2H3,(H,24,29)/p+1. The molecule has 0 aliphatic carbocycles. The van der Waals surface area contributed by atoms with E-state index >= 15 is 0 Å². The summed E-state index contributed by atoms with van der Waals surface area (Å²) in [6, 6.07) is 11.8. The van der Waals surface area contributed by atoms with Crippen LogP contribution in [-0.2, 0) is 4.79 Å². The molecule has 0 saturated carbocycles. The Morgan fingerprint density at radius 1 is 1.07 bits per heavy atom. The van der Waals surface area contributed by atoms with Crippen molar-refractivity contribution in [2.75, 3.05) is 42.9 Å². The summed E-state index contributed by atoms with van der Waals surface area (Å²) in [5, 5.41) is 7.68. The van der Waals surface area contributed by atoms with Crippen molar-refractivity contribution < 1.29 is 9.69 Å². The van der Waals surface area contributed by atoms with Gasteiger partial charge in [0.1, 0.15) is 0 Å². The van der Waals surface area contributed by atoms with Gasteiger partial charge in [-0.1, -0.05) is 18.2 Å². The number of nitrogens with zero attached hydrogens (tertiary/aromatic N) is 5. The first-order valence-electron chi connectivity index (χ1n) is 9.89. The number of nitrogens with one attached hydrogen (secondary N) is 2. The van der Waals surface area contributed by atoms with Gasteiger partial charge >= 0.3 is 0 Å². The summed E-state index contributed by atoms with van der Waals surface area (Å²) in [6.45, 7) is 7.80. The van der Waals surface area contributed by atoms with Crippen molar-refractivity contribution in [1.82, 2.24) is 19.7 Å². The SMILES string of the molecule is Cc1nn(-c2ccccc2)c(C)c1NC(=O)C[NH+]1CCN(c2ncccn2)CC1. The van der Waals surface area contributed by atoms with Crippen molar-refractivity contribution in [3.63, 3.8) is 0 Å². The number of amides is 1. The molecule has 1 amide bonds. The van der Waals surface area contributed by atoms with Gasteiger partial charge < -0.3 is 15.1 Å². The van der Waals surface area contributed by atoms with Crippen molar-refractivity contribution in [2.24, 2.45) is 0 Å². The summed E-state index contributed by atoms with van der Waals surface area (Å²) in [5.74, 6) is 0.777. The fraction of sp³-hybridized carbons (Fsp3) is 0.333. The van der Waals surface area contributed by atoms with E-state index in [0.29, 0.717) is 6.54 Å². The third-order valence-electron chi connectivity index (χ3n) is 5.27. The van der Waals surface area contributed by atoms with E-state index in [9.17, 15) is 4.79 Å². The highest BCUT2D eigenvalue weighted by Gasteiger charge is 2.24. The Hall–Kier alpha value is -3.26. The lowest BCUT2D eigenvalue weighted by Gasteiger charge is -2.31. The van der Waals surface area contributed by atoms with Gasteiger partial charge in [0.2, 0.25) is 5.95 Å². The largest absolute Gasteiger partial charge is 0.330 e. The molecule has 3 heterocycles. The van der Waals surface area contributed by atoms with Crippen LogP contribution in [0.4, 0.5) is 11.6 Å². The summed E-state index contributed by atoms with van der Waals surface area (Å²) >= 11 is 0. The number of hydrogen-bond acceptors (Lipinski definition) is 5. The van der Waals surface area contributed by atoms with Crippen LogP contribution in [0.1, 0.15) is 11.4 Å². The molecule has 1 aromatic carbocycles. The fourth-order valence-corrected chi connectivity index (χ4v) is 3.71. The third-order valence-corrected chi connectivity index (χ3v) is 5.27. The maximum atomic E-state index is 12.7. The van der Waals surface area contributed by atoms with Gasteiger partial charge in [-0.25, -0.2) is 14.6 Å². The van der Waals surface area contributed by atoms with Crippen LogP contribution in [0.15, 0.2) is 48.8 Å². The normalized spacial score (nSPS) is 14.8. The quantitative estimate of drug-likeness (QED) is 0.666. The predicted octanol–water partition coefficient (Wildman–Crippen LogP) is 0.623. The number of benzene rings is 1. The van der Waals surface area contributed by atoms with Crippen LogP contribution in [-0.4, -0.2) is 58.4 Å². The molecular weight excluding hydrogens is 366 g/mol. The molecule has 150 valence electrons. The van der Waals surface area contributed by atoms with Crippen LogP contribution in [0.2, 0.25) is 0 Å². The number of hydrogen-bond donors (Lipinski definition) is 2. The second kappa shape index (κ2) is 8.40. The molecule has 0 bridgehead atoms. The Balaban J connectivity index is 1.36. The Labute approximate surface area is 170 Å². The maximum Gasteiger partial charge on any atom is 0.279 e. The number of anilines is 2. The first-order valence-corrected chi connectivity index (χ1v) is 9.89. The van der Waals surface area contributed by atoms with E-state index in [4.69, 9.17) is 0 Å². The number of carbonyl (C=O) groups is 1. The van der Waals surface area contributed by atoms with Crippen LogP contribution in [0.5, 0.6) is 0 Å². The van der Waals surface area contributed by atoms with Crippen LogP contribution >= 0.6 is 0 Å². The molecule has 0 radical (unpaired) electrons. The molecule has 29 heavy (non-hydrogen) atoms. The zero-order valence-corrected chi connectivity index (χ0v) is 16.8. The Morgan fingerprint density at radius 3 is 2.45 bits per heavy atom. The maximum absolute atomic E-state index is 12.7. The van der Waals surface area contributed by atoms with Crippen molar-refractivity contribution >= 4 is 17.5 Å². The molecule has 0 unspecified atom stereocenters. The molecular formula is C21H26N7O+. The van der Waals surface area contributed by atoms with Crippen molar-refractivity contribution in [1.29, 1.82) is 0 Å². The molecule has 2 aromatic heterocycles. The summed E-state index contributed by atoms with van der Waals surface area (Å²) < 4.78 is 1.87. The van der Waals surface area contributed by atoms with Crippen molar-refractivity contribution in [2.45, 2.75) is 13.8 Å². The van der Waals surface area contributed by atoms with Crippen molar-refractivity contribution in [3.05, 3.63) is 60.2 Å². The molecule has 0 atom stereocenters. The number of aromatic nitrogens is 4. The minimum atomic E-state index is 0.0169. The minimum absolute atomic E-state index is 0.0169. The average Bonchev–Trinajstić information content (AvgIpc) is 3.04. The predicted molar refractivity (Wildman–Crippen MR) is 111 cm³/mol. The Kier molecular flexibility index (Phi) is 5.53.